The van der Waals surface area contributed by atoms with Crippen LogP contribution in [0.15, 0.2) is 41.4 Å². The molecule has 128 valence electrons. The molecule has 0 atom stereocenters. The molecule has 0 aliphatic carbocycles. The molecule has 8 nitrogen and oxygen atoms in total. The maximum atomic E-state index is 12.3. The van der Waals surface area contributed by atoms with Gasteiger partial charge >= 0.3 is 0 Å². The lowest BCUT2D eigenvalue weighted by Crippen LogP contribution is -2.18. The van der Waals surface area contributed by atoms with Crippen molar-refractivity contribution in [2.24, 2.45) is 7.05 Å². The van der Waals surface area contributed by atoms with Crippen molar-refractivity contribution in [1.29, 1.82) is 0 Å². The molecule has 1 heterocycles. The Labute approximate surface area is 139 Å². The standard InChI is InChI=1S/C15H18N4O4S/c1-10(20)17-11-4-6-12(7-5-11)18-15(21)14-8-13(9-19(14)3)24(22,23)16-2/h4-9,16H,1-3H3,(H,17,20)(H,18,21). The van der Waals surface area contributed by atoms with Gasteiger partial charge in [-0.2, -0.15) is 0 Å². The van der Waals surface area contributed by atoms with Crippen LogP contribution in [0.3, 0.4) is 0 Å². The number of aromatic nitrogens is 1. The summed E-state index contributed by atoms with van der Waals surface area (Å²) in [6, 6.07) is 7.87. The first kappa shape index (κ1) is 17.7. The summed E-state index contributed by atoms with van der Waals surface area (Å²) in [5.74, 6) is -0.629. The summed E-state index contributed by atoms with van der Waals surface area (Å²) in [7, 11) is -0.723. The average Bonchev–Trinajstić information content (AvgIpc) is 2.91. The van der Waals surface area contributed by atoms with Crippen LogP contribution in [0.25, 0.3) is 0 Å². The van der Waals surface area contributed by atoms with E-state index in [9.17, 15) is 18.0 Å². The molecule has 9 heteroatoms. The highest BCUT2D eigenvalue weighted by Crippen LogP contribution is 2.17. The second-order valence-corrected chi connectivity index (χ2v) is 6.98. The number of carbonyl (C=O) groups excluding carboxylic acids is 2. The number of sulfonamides is 1. The van der Waals surface area contributed by atoms with Crippen LogP contribution in [0.1, 0.15) is 17.4 Å². The Morgan fingerprint density at radius 2 is 1.58 bits per heavy atom. The molecule has 0 saturated carbocycles. The van der Waals surface area contributed by atoms with Gasteiger partial charge in [0.25, 0.3) is 5.91 Å². The number of nitrogens with one attached hydrogen (secondary N) is 3. The Balaban J connectivity index is 2.17. The van der Waals surface area contributed by atoms with Gasteiger partial charge in [0.15, 0.2) is 0 Å². The van der Waals surface area contributed by atoms with Crippen LogP contribution in [-0.2, 0) is 21.9 Å². The average molecular weight is 350 g/mol. The molecule has 0 fully saturated rings. The molecule has 24 heavy (non-hydrogen) atoms. The molecule has 2 aromatic rings. The number of hydrogen-bond acceptors (Lipinski definition) is 4. The first-order valence-corrected chi connectivity index (χ1v) is 8.50. The quantitative estimate of drug-likeness (QED) is 0.751. The summed E-state index contributed by atoms with van der Waals surface area (Å²) in [5, 5.41) is 5.30. The van der Waals surface area contributed by atoms with Crippen LogP contribution >= 0.6 is 0 Å². The fourth-order valence-electron chi connectivity index (χ4n) is 2.06. The van der Waals surface area contributed by atoms with Gasteiger partial charge in [0.1, 0.15) is 10.6 Å². The fraction of sp³-hybridized carbons (Fsp3) is 0.200. The van der Waals surface area contributed by atoms with Crippen LogP contribution in [0.2, 0.25) is 0 Å². The number of nitrogens with zero attached hydrogens (tertiary/aromatic N) is 1. The normalized spacial score (nSPS) is 11.1. The topological polar surface area (TPSA) is 109 Å². The lowest BCUT2D eigenvalue weighted by Gasteiger charge is -2.07. The summed E-state index contributed by atoms with van der Waals surface area (Å²) in [4.78, 5) is 23.3. The third-order valence-corrected chi connectivity index (χ3v) is 4.64. The SMILES string of the molecule is CNS(=O)(=O)c1cc(C(=O)Nc2ccc(NC(C)=O)cc2)n(C)c1. The van der Waals surface area contributed by atoms with Crippen molar-refractivity contribution in [3.05, 3.63) is 42.2 Å². The number of carbonyl (C=O) groups is 2. The predicted octanol–water partition coefficient (Wildman–Crippen LogP) is 1.14. The van der Waals surface area contributed by atoms with Crippen LogP contribution in [0.5, 0.6) is 0 Å². The number of anilines is 2. The van der Waals surface area contributed by atoms with Crippen molar-refractivity contribution in [3.8, 4) is 0 Å². The van der Waals surface area contributed by atoms with E-state index in [-0.39, 0.29) is 16.5 Å². The molecular weight excluding hydrogens is 332 g/mol. The van der Waals surface area contributed by atoms with E-state index in [1.807, 2.05) is 0 Å². The minimum Gasteiger partial charge on any atom is -0.345 e. The van der Waals surface area contributed by atoms with E-state index < -0.39 is 15.9 Å². The van der Waals surface area contributed by atoms with Gasteiger partial charge in [-0.3, -0.25) is 9.59 Å². The molecule has 0 bridgehead atoms. The smallest absolute Gasteiger partial charge is 0.272 e. The van der Waals surface area contributed by atoms with Crippen molar-refractivity contribution in [2.45, 2.75) is 11.8 Å². The van der Waals surface area contributed by atoms with Gasteiger partial charge in [0.05, 0.1) is 0 Å². The molecule has 0 spiro atoms. The Hall–Kier alpha value is -2.65. The third-order valence-electron chi connectivity index (χ3n) is 3.25. The highest BCUT2D eigenvalue weighted by atomic mass is 32.2. The number of rotatable bonds is 5. The van der Waals surface area contributed by atoms with E-state index in [0.29, 0.717) is 11.4 Å². The van der Waals surface area contributed by atoms with Gasteiger partial charge in [-0.1, -0.05) is 0 Å². The second kappa shape index (κ2) is 6.85. The van der Waals surface area contributed by atoms with Crippen molar-refractivity contribution in [3.63, 3.8) is 0 Å². The van der Waals surface area contributed by atoms with E-state index in [1.54, 1.807) is 31.3 Å². The summed E-state index contributed by atoms with van der Waals surface area (Å²) in [6.45, 7) is 1.40. The van der Waals surface area contributed by atoms with E-state index >= 15 is 0 Å². The van der Waals surface area contributed by atoms with Crippen molar-refractivity contribution in [2.75, 3.05) is 17.7 Å². The molecule has 0 aliphatic heterocycles. The fourth-order valence-corrected chi connectivity index (χ4v) is 2.86. The minimum absolute atomic E-state index is 0.0126. The molecule has 3 N–H and O–H groups in total. The number of benzene rings is 1. The summed E-state index contributed by atoms with van der Waals surface area (Å²) in [6.07, 6.45) is 1.36. The zero-order chi connectivity index (χ0) is 17.9. The van der Waals surface area contributed by atoms with Crippen LogP contribution in [0.4, 0.5) is 11.4 Å². The monoisotopic (exact) mass is 350 g/mol. The second-order valence-electron chi connectivity index (χ2n) is 5.09. The molecule has 0 unspecified atom stereocenters. The molecular formula is C15H18N4O4S. The van der Waals surface area contributed by atoms with E-state index in [0.717, 1.165) is 0 Å². The molecule has 2 rings (SSSR count). The van der Waals surface area contributed by atoms with Crippen LogP contribution < -0.4 is 15.4 Å². The molecule has 0 saturated heterocycles. The number of aryl methyl sites for hydroxylation is 1. The maximum Gasteiger partial charge on any atom is 0.272 e. The van der Waals surface area contributed by atoms with Crippen molar-refractivity contribution < 1.29 is 18.0 Å². The Morgan fingerprint density at radius 1 is 1.04 bits per heavy atom. The lowest BCUT2D eigenvalue weighted by atomic mass is 10.2. The van der Waals surface area contributed by atoms with Crippen LogP contribution in [-0.4, -0.2) is 31.8 Å². The largest absolute Gasteiger partial charge is 0.345 e. The Kier molecular flexibility index (Phi) is 5.05. The van der Waals surface area contributed by atoms with Crippen molar-refractivity contribution >= 4 is 33.2 Å². The summed E-state index contributed by atoms with van der Waals surface area (Å²) < 4.78 is 27.2. The van der Waals surface area contributed by atoms with Gasteiger partial charge < -0.3 is 15.2 Å². The van der Waals surface area contributed by atoms with Gasteiger partial charge in [-0.25, -0.2) is 13.1 Å². The van der Waals surface area contributed by atoms with Gasteiger partial charge in [0, 0.05) is 31.5 Å². The Bertz CT molecular complexity index is 869. The summed E-state index contributed by atoms with van der Waals surface area (Å²) in [5.41, 5.74) is 1.34. The van der Waals surface area contributed by atoms with Crippen molar-refractivity contribution in [1.82, 2.24) is 9.29 Å². The van der Waals surface area contributed by atoms with E-state index in [4.69, 9.17) is 0 Å². The van der Waals surface area contributed by atoms with Gasteiger partial charge in [-0.15, -0.1) is 0 Å². The molecule has 0 aliphatic rings. The maximum absolute atomic E-state index is 12.3. The lowest BCUT2D eigenvalue weighted by molar-refractivity contribution is -0.114. The van der Waals surface area contributed by atoms with Gasteiger partial charge in [-0.05, 0) is 37.4 Å². The van der Waals surface area contributed by atoms with Gasteiger partial charge in [0.2, 0.25) is 15.9 Å². The highest BCUT2D eigenvalue weighted by molar-refractivity contribution is 7.89. The zero-order valence-electron chi connectivity index (χ0n) is 13.5. The minimum atomic E-state index is -3.61. The molecule has 1 aromatic carbocycles. The number of hydrogen-bond donors (Lipinski definition) is 3. The van der Waals surface area contributed by atoms with E-state index in [1.165, 1.54) is 30.8 Å². The zero-order valence-corrected chi connectivity index (χ0v) is 14.3. The predicted molar refractivity (Wildman–Crippen MR) is 90.4 cm³/mol. The first-order chi connectivity index (χ1) is 11.2. The first-order valence-electron chi connectivity index (χ1n) is 7.02. The number of amides is 2. The summed E-state index contributed by atoms with van der Waals surface area (Å²) >= 11 is 0. The van der Waals surface area contributed by atoms with Crippen LogP contribution in [0, 0.1) is 0 Å². The molecule has 0 radical (unpaired) electrons. The Morgan fingerprint density at radius 3 is 2.08 bits per heavy atom. The van der Waals surface area contributed by atoms with E-state index in [2.05, 4.69) is 15.4 Å². The third kappa shape index (κ3) is 4.00. The molecule has 1 aromatic heterocycles. The molecule has 2 amide bonds. The highest BCUT2D eigenvalue weighted by Gasteiger charge is 2.19.